The van der Waals surface area contributed by atoms with Crippen molar-refractivity contribution in [2.24, 2.45) is 0 Å². The second kappa shape index (κ2) is 10.0. The summed E-state index contributed by atoms with van der Waals surface area (Å²) in [5, 5.41) is 19.4. The van der Waals surface area contributed by atoms with Gasteiger partial charge in [0.05, 0.1) is 5.69 Å². The molecule has 5 rings (SSSR count). The molecule has 1 aromatic carbocycles. The summed E-state index contributed by atoms with van der Waals surface area (Å²) in [6.45, 7) is 3.16. The number of hydrogen-bond donors (Lipinski definition) is 1. The second-order valence-corrected chi connectivity index (χ2v) is 8.81. The number of aromatic amines is 1. The summed E-state index contributed by atoms with van der Waals surface area (Å²) in [5.74, 6) is 3.19. The highest BCUT2D eigenvalue weighted by atomic mass is 15.5. The molecule has 1 fully saturated rings. The molecule has 4 aromatic rings. The van der Waals surface area contributed by atoms with Crippen LogP contribution < -0.4 is 0 Å². The topological polar surface area (TPSA) is 98.1 Å². The van der Waals surface area contributed by atoms with E-state index in [-0.39, 0.29) is 0 Å². The third kappa shape index (κ3) is 4.84. The predicted molar refractivity (Wildman–Crippen MR) is 126 cm³/mol. The van der Waals surface area contributed by atoms with Crippen molar-refractivity contribution in [2.75, 3.05) is 0 Å². The molecule has 170 valence electrons. The van der Waals surface area contributed by atoms with E-state index in [0.29, 0.717) is 11.7 Å². The highest BCUT2D eigenvalue weighted by Gasteiger charge is 2.21. The molecule has 0 aliphatic heterocycles. The molecule has 1 N–H and O–H groups in total. The molecule has 0 radical (unpaired) electrons. The first-order valence-corrected chi connectivity index (χ1v) is 12.0. The molecule has 0 unspecified atom stereocenters. The highest BCUT2D eigenvalue weighted by molar-refractivity contribution is 5.76. The van der Waals surface area contributed by atoms with Gasteiger partial charge in [-0.1, -0.05) is 56.9 Å². The van der Waals surface area contributed by atoms with Gasteiger partial charge in [0.15, 0.2) is 5.82 Å². The van der Waals surface area contributed by atoms with Gasteiger partial charge in [-0.15, -0.1) is 10.2 Å². The first-order chi connectivity index (χ1) is 16.3. The van der Waals surface area contributed by atoms with Crippen LogP contribution in [0, 0.1) is 0 Å². The van der Waals surface area contributed by atoms with Gasteiger partial charge in [0.25, 0.3) is 0 Å². The Bertz CT molecular complexity index is 1160. The Balaban J connectivity index is 1.38. The zero-order valence-corrected chi connectivity index (χ0v) is 19.1. The lowest BCUT2D eigenvalue weighted by atomic mass is 9.89. The van der Waals surface area contributed by atoms with Crippen molar-refractivity contribution >= 4 is 0 Å². The lowest BCUT2D eigenvalue weighted by molar-refractivity contribution is 0.425. The molecule has 8 nitrogen and oxygen atoms in total. The average Bonchev–Trinajstić information content (AvgIpc) is 3.54. The van der Waals surface area contributed by atoms with E-state index in [1.807, 2.05) is 12.1 Å². The van der Waals surface area contributed by atoms with E-state index in [1.54, 1.807) is 6.20 Å². The van der Waals surface area contributed by atoms with Crippen molar-refractivity contribution in [2.45, 2.75) is 70.8 Å². The number of hydrogen-bond acceptors (Lipinski definition) is 6. The third-order valence-electron chi connectivity index (χ3n) is 6.44. The van der Waals surface area contributed by atoms with Crippen LogP contribution in [-0.4, -0.2) is 40.4 Å². The monoisotopic (exact) mass is 442 g/mol. The van der Waals surface area contributed by atoms with E-state index in [0.717, 1.165) is 54.3 Å². The number of aryl methyl sites for hydroxylation is 1. The molecule has 1 saturated carbocycles. The fourth-order valence-electron chi connectivity index (χ4n) is 4.60. The van der Waals surface area contributed by atoms with Crippen LogP contribution in [-0.2, 0) is 13.0 Å². The normalized spacial score (nSPS) is 14.6. The summed E-state index contributed by atoms with van der Waals surface area (Å²) in [6, 6.07) is 12.4. The minimum absolute atomic E-state index is 0.524. The maximum atomic E-state index is 5.02. The van der Waals surface area contributed by atoms with Gasteiger partial charge in [0, 0.05) is 36.2 Å². The number of rotatable bonds is 8. The largest absolute Gasteiger partial charge is 0.255 e. The molecule has 0 amide bonds. The Morgan fingerprint density at radius 1 is 1.06 bits per heavy atom. The number of nitrogens with zero attached hydrogens (tertiary/aromatic N) is 7. The van der Waals surface area contributed by atoms with Gasteiger partial charge in [-0.25, -0.2) is 9.67 Å². The Hall–Kier alpha value is -3.42. The molecule has 0 spiro atoms. The van der Waals surface area contributed by atoms with Gasteiger partial charge < -0.3 is 0 Å². The maximum Gasteiger partial charge on any atom is 0.206 e. The predicted octanol–water partition coefficient (Wildman–Crippen LogP) is 4.96. The molecule has 0 bridgehead atoms. The smallest absolute Gasteiger partial charge is 0.206 e. The van der Waals surface area contributed by atoms with Crippen molar-refractivity contribution in [3.05, 3.63) is 59.8 Å². The summed E-state index contributed by atoms with van der Waals surface area (Å²) in [6.07, 6.45) is 11.2. The Morgan fingerprint density at radius 3 is 2.67 bits per heavy atom. The Labute approximate surface area is 193 Å². The number of tetrazole rings is 1. The summed E-state index contributed by atoms with van der Waals surface area (Å²) in [5.41, 5.74) is 3.94. The lowest BCUT2D eigenvalue weighted by Gasteiger charge is -2.18. The van der Waals surface area contributed by atoms with Crippen molar-refractivity contribution in [1.29, 1.82) is 0 Å². The lowest BCUT2D eigenvalue weighted by Crippen LogP contribution is -2.08. The summed E-state index contributed by atoms with van der Waals surface area (Å²) >= 11 is 0. The summed E-state index contributed by atoms with van der Waals surface area (Å²) < 4.78 is 2.15. The van der Waals surface area contributed by atoms with E-state index >= 15 is 0 Å². The minimum atomic E-state index is 0.524. The molecular formula is C25H30N8. The second-order valence-electron chi connectivity index (χ2n) is 8.81. The van der Waals surface area contributed by atoms with Gasteiger partial charge in [0.1, 0.15) is 5.82 Å². The fraction of sp³-hybridized carbons (Fsp3) is 0.440. The van der Waals surface area contributed by atoms with Crippen LogP contribution in [0.1, 0.15) is 75.0 Å². The number of nitrogens with one attached hydrogen (secondary N) is 1. The highest BCUT2D eigenvalue weighted by Crippen LogP contribution is 2.31. The molecule has 3 aromatic heterocycles. The number of pyridine rings is 1. The van der Waals surface area contributed by atoms with Gasteiger partial charge in [-0.05, 0) is 42.2 Å². The molecule has 1 aliphatic carbocycles. The molecule has 1 aliphatic rings. The molecule has 33 heavy (non-hydrogen) atoms. The average molecular weight is 443 g/mol. The van der Waals surface area contributed by atoms with E-state index < -0.39 is 0 Å². The van der Waals surface area contributed by atoms with E-state index in [2.05, 4.69) is 61.5 Å². The SMILES string of the molecule is CCCCn1nc(C2CCCCC2)nc1Cc1ccc(-c2ncccc2-c2nn[nH]n2)cc1. The van der Waals surface area contributed by atoms with Gasteiger partial charge in [-0.3, -0.25) is 4.98 Å². The van der Waals surface area contributed by atoms with Crippen molar-refractivity contribution < 1.29 is 0 Å². The van der Waals surface area contributed by atoms with Gasteiger partial charge in [0.2, 0.25) is 5.82 Å². The summed E-state index contributed by atoms with van der Waals surface area (Å²) in [4.78, 5) is 9.60. The van der Waals surface area contributed by atoms with Crippen LogP contribution in [0.2, 0.25) is 0 Å². The van der Waals surface area contributed by atoms with E-state index in [9.17, 15) is 0 Å². The van der Waals surface area contributed by atoms with Crippen LogP contribution in [0.4, 0.5) is 0 Å². The van der Waals surface area contributed by atoms with Gasteiger partial charge in [-0.2, -0.15) is 10.3 Å². The minimum Gasteiger partial charge on any atom is -0.255 e. The molecule has 0 saturated heterocycles. The molecular weight excluding hydrogens is 412 g/mol. The molecule has 0 atom stereocenters. The number of H-pyrrole nitrogens is 1. The number of aromatic nitrogens is 8. The van der Waals surface area contributed by atoms with Crippen LogP contribution in [0.3, 0.4) is 0 Å². The molecule has 3 heterocycles. The van der Waals surface area contributed by atoms with Crippen molar-refractivity contribution in [3.8, 4) is 22.6 Å². The third-order valence-corrected chi connectivity index (χ3v) is 6.44. The maximum absolute atomic E-state index is 5.02. The first-order valence-electron chi connectivity index (χ1n) is 12.0. The van der Waals surface area contributed by atoms with E-state index in [1.165, 1.54) is 37.7 Å². The van der Waals surface area contributed by atoms with Crippen molar-refractivity contribution in [1.82, 2.24) is 40.4 Å². The molecule has 8 heteroatoms. The van der Waals surface area contributed by atoms with Gasteiger partial charge >= 0.3 is 0 Å². The zero-order valence-electron chi connectivity index (χ0n) is 19.1. The Kier molecular flexibility index (Phi) is 6.51. The Morgan fingerprint density at radius 2 is 1.91 bits per heavy atom. The quantitative estimate of drug-likeness (QED) is 0.414. The summed E-state index contributed by atoms with van der Waals surface area (Å²) in [7, 11) is 0. The number of benzene rings is 1. The zero-order chi connectivity index (χ0) is 22.5. The van der Waals surface area contributed by atoms with Crippen molar-refractivity contribution in [3.63, 3.8) is 0 Å². The van der Waals surface area contributed by atoms with Crippen LogP contribution in [0.25, 0.3) is 22.6 Å². The van der Waals surface area contributed by atoms with Crippen LogP contribution >= 0.6 is 0 Å². The standard InChI is InChI=1S/C25H30N8/c1-2-3-16-33-22(27-24(30-33)20-8-5-4-6-9-20)17-18-11-13-19(14-12-18)23-21(10-7-15-26-23)25-28-31-32-29-25/h7,10-15,20H,2-6,8-9,16-17H2,1H3,(H,28,29,31,32). The van der Waals surface area contributed by atoms with Crippen LogP contribution in [0.15, 0.2) is 42.6 Å². The number of unbranched alkanes of at least 4 members (excludes halogenated alkanes) is 1. The first kappa shape index (κ1) is 21.4. The van der Waals surface area contributed by atoms with Crippen LogP contribution in [0.5, 0.6) is 0 Å². The van der Waals surface area contributed by atoms with E-state index in [4.69, 9.17) is 10.1 Å². The fourth-order valence-corrected chi connectivity index (χ4v) is 4.60.